The number of oxazole rings is 1. The van der Waals surface area contributed by atoms with Crippen molar-refractivity contribution in [1.29, 1.82) is 0 Å². The molecule has 2 amide bonds. The molecule has 0 unspecified atom stereocenters. The fourth-order valence-corrected chi connectivity index (χ4v) is 2.27. The minimum Gasteiger partial charge on any atom is -0.453 e. The summed E-state index contributed by atoms with van der Waals surface area (Å²) in [6.07, 6.45) is -0.405. The van der Waals surface area contributed by atoms with Crippen LogP contribution in [-0.4, -0.2) is 30.6 Å². The maximum Gasteiger partial charge on any atom is 0.406 e. The highest BCUT2D eigenvalue weighted by Crippen LogP contribution is 2.25. The number of anilines is 1. The Bertz CT molecular complexity index is 854. The maximum atomic E-state index is 11.8. The molecule has 7 heteroatoms. The monoisotopic (exact) mass is 339 g/mol. The molecule has 0 aliphatic heterocycles. The molecule has 1 heterocycles. The number of fused-ring (bicyclic) bond motifs is 1. The number of nitrogens with one attached hydrogen (secondary N) is 2. The van der Waals surface area contributed by atoms with Crippen LogP contribution in [0.4, 0.5) is 10.5 Å². The number of ether oxygens (including phenoxy) is 1. The quantitative estimate of drug-likeness (QED) is 0.744. The van der Waals surface area contributed by atoms with Gasteiger partial charge in [0, 0.05) is 24.2 Å². The summed E-state index contributed by atoms with van der Waals surface area (Å²) < 4.78 is 10.1. The van der Waals surface area contributed by atoms with Crippen LogP contribution < -0.4 is 10.6 Å². The zero-order valence-electron chi connectivity index (χ0n) is 13.6. The van der Waals surface area contributed by atoms with Crippen molar-refractivity contribution in [3.63, 3.8) is 0 Å². The molecule has 0 atom stereocenters. The lowest BCUT2D eigenvalue weighted by molar-refractivity contribution is -0.116. The Morgan fingerprint density at radius 2 is 1.88 bits per heavy atom. The van der Waals surface area contributed by atoms with Crippen LogP contribution in [0.3, 0.4) is 0 Å². The van der Waals surface area contributed by atoms with E-state index in [1.54, 1.807) is 12.1 Å². The molecular formula is C18H17N3O4. The summed E-state index contributed by atoms with van der Waals surface area (Å²) in [5.74, 6) is 0.326. The highest BCUT2D eigenvalue weighted by Gasteiger charge is 2.08. The highest BCUT2D eigenvalue weighted by molar-refractivity contribution is 5.91. The Labute approximate surface area is 144 Å². The van der Waals surface area contributed by atoms with Crippen LogP contribution in [0.25, 0.3) is 22.6 Å². The van der Waals surface area contributed by atoms with Gasteiger partial charge in [-0.3, -0.25) is 4.79 Å². The first-order valence-electron chi connectivity index (χ1n) is 7.73. The molecule has 25 heavy (non-hydrogen) atoms. The number of rotatable bonds is 5. The van der Waals surface area contributed by atoms with E-state index in [0.717, 1.165) is 16.7 Å². The molecule has 0 aliphatic rings. The van der Waals surface area contributed by atoms with Gasteiger partial charge in [0.25, 0.3) is 0 Å². The van der Waals surface area contributed by atoms with Gasteiger partial charge in [0.05, 0.1) is 7.11 Å². The molecule has 0 bridgehead atoms. The van der Waals surface area contributed by atoms with Crippen LogP contribution in [0.5, 0.6) is 0 Å². The van der Waals surface area contributed by atoms with Gasteiger partial charge in [-0.15, -0.1) is 0 Å². The Morgan fingerprint density at radius 3 is 2.60 bits per heavy atom. The second-order valence-corrected chi connectivity index (χ2v) is 5.28. The summed E-state index contributed by atoms with van der Waals surface area (Å²) in [5.41, 5.74) is 3.01. The number of amides is 2. The molecule has 3 rings (SSSR count). The molecule has 3 aromatic rings. The number of para-hydroxylation sites is 2. The summed E-state index contributed by atoms with van der Waals surface area (Å²) in [4.78, 5) is 27.2. The third-order valence-electron chi connectivity index (χ3n) is 3.52. The van der Waals surface area contributed by atoms with E-state index in [2.05, 4.69) is 20.4 Å². The van der Waals surface area contributed by atoms with E-state index in [0.29, 0.717) is 11.6 Å². The molecular weight excluding hydrogens is 322 g/mol. The molecule has 0 spiro atoms. The fraction of sp³-hybridized carbons (Fsp3) is 0.167. The van der Waals surface area contributed by atoms with Crippen molar-refractivity contribution in [2.75, 3.05) is 19.0 Å². The van der Waals surface area contributed by atoms with Crippen molar-refractivity contribution in [2.45, 2.75) is 6.42 Å². The van der Waals surface area contributed by atoms with Gasteiger partial charge in [0.1, 0.15) is 5.52 Å². The first-order valence-corrected chi connectivity index (χ1v) is 7.73. The van der Waals surface area contributed by atoms with Crippen molar-refractivity contribution in [2.24, 2.45) is 0 Å². The number of carbonyl (C=O) groups excluding carboxylic acids is 2. The number of carbonyl (C=O) groups is 2. The van der Waals surface area contributed by atoms with Gasteiger partial charge in [-0.1, -0.05) is 12.1 Å². The Morgan fingerprint density at radius 1 is 1.12 bits per heavy atom. The molecule has 0 aliphatic carbocycles. The van der Waals surface area contributed by atoms with E-state index in [-0.39, 0.29) is 18.9 Å². The standard InChI is InChI=1S/C18H17N3O4/c1-24-18(23)19-11-10-16(22)20-13-8-6-12(7-9-13)17-21-14-4-2-3-5-15(14)25-17/h2-9H,10-11H2,1H3,(H,19,23)(H,20,22). The first-order chi connectivity index (χ1) is 12.2. The van der Waals surface area contributed by atoms with Crippen molar-refractivity contribution in [1.82, 2.24) is 10.3 Å². The lowest BCUT2D eigenvalue weighted by Gasteiger charge is -2.06. The van der Waals surface area contributed by atoms with E-state index >= 15 is 0 Å². The lowest BCUT2D eigenvalue weighted by atomic mass is 10.2. The molecule has 2 N–H and O–H groups in total. The lowest BCUT2D eigenvalue weighted by Crippen LogP contribution is -2.27. The highest BCUT2D eigenvalue weighted by atomic mass is 16.5. The van der Waals surface area contributed by atoms with Gasteiger partial charge in [-0.05, 0) is 36.4 Å². The molecule has 128 valence electrons. The number of methoxy groups -OCH3 is 1. The minimum atomic E-state index is -0.560. The molecule has 0 radical (unpaired) electrons. The average Bonchev–Trinajstić information content (AvgIpc) is 3.06. The van der Waals surface area contributed by atoms with Gasteiger partial charge in [-0.2, -0.15) is 0 Å². The third-order valence-corrected chi connectivity index (χ3v) is 3.52. The maximum absolute atomic E-state index is 11.8. The van der Waals surface area contributed by atoms with E-state index in [1.165, 1.54) is 7.11 Å². The smallest absolute Gasteiger partial charge is 0.406 e. The van der Waals surface area contributed by atoms with Gasteiger partial charge in [0.2, 0.25) is 11.8 Å². The van der Waals surface area contributed by atoms with Gasteiger partial charge < -0.3 is 19.8 Å². The van der Waals surface area contributed by atoms with E-state index in [9.17, 15) is 9.59 Å². The number of hydrogen-bond donors (Lipinski definition) is 2. The molecule has 1 aromatic heterocycles. The molecule has 0 fully saturated rings. The van der Waals surface area contributed by atoms with E-state index in [4.69, 9.17) is 4.42 Å². The zero-order valence-corrected chi connectivity index (χ0v) is 13.6. The van der Waals surface area contributed by atoms with E-state index < -0.39 is 6.09 Å². The number of hydrogen-bond acceptors (Lipinski definition) is 5. The first kappa shape index (κ1) is 16.5. The van der Waals surface area contributed by atoms with Gasteiger partial charge >= 0.3 is 6.09 Å². The number of aromatic nitrogens is 1. The second kappa shape index (κ2) is 7.48. The Hall–Kier alpha value is -3.35. The molecule has 0 saturated carbocycles. The van der Waals surface area contributed by atoms with Crippen LogP contribution in [-0.2, 0) is 9.53 Å². The summed E-state index contributed by atoms with van der Waals surface area (Å²) in [5, 5.41) is 5.21. The van der Waals surface area contributed by atoms with Crippen LogP contribution in [0.1, 0.15) is 6.42 Å². The normalized spacial score (nSPS) is 10.4. The van der Waals surface area contributed by atoms with Crippen LogP contribution in [0.15, 0.2) is 52.9 Å². The summed E-state index contributed by atoms with van der Waals surface area (Å²) in [6.45, 7) is 0.208. The largest absolute Gasteiger partial charge is 0.453 e. The Balaban J connectivity index is 1.60. The minimum absolute atomic E-state index is 0.155. The Kier molecular flexibility index (Phi) is 4.94. The van der Waals surface area contributed by atoms with Crippen molar-refractivity contribution in [3.8, 4) is 11.5 Å². The zero-order chi connectivity index (χ0) is 17.6. The molecule has 0 saturated heterocycles. The number of nitrogens with zero attached hydrogens (tertiary/aromatic N) is 1. The van der Waals surface area contributed by atoms with Crippen molar-refractivity contribution < 1.29 is 18.7 Å². The molecule has 2 aromatic carbocycles. The number of benzene rings is 2. The second-order valence-electron chi connectivity index (χ2n) is 5.28. The van der Waals surface area contributed by atoms with Crippen molar-refractivity contribution in [3.05, 3.63) is 48.5 Å². The SMILES string of the molecule is COC(=O)NCCC(=O)Nc1ccc(-c2nc3ccccc3o2)cc1. The summed E-state index contributed by atoms with van der Waals surface area (Å²) in [6, 6.07) is 14.8. The predicted octanol–water partition coefficient (Wildman–Crippen LogP) is 3.18. The van der Waals surface area contributed by atoms with Gasteiger partial charge in [-0.25, -0.2) is 9.78 Å². The predicted molar refractivity (Wildman–Crippen MR) is 93.1 cm³/mol. The third kappa shape index (κ3) is 4.14. The van der Waals surface area contributed by atoms with Crippen LogP contribution >= 0.6 is 0 Å². The number of alkyl carbamates (subject to hydrolysis) is 1. The topological polar surface area (TPSA) is 93.5 Å². The molecule has 7 nitrogen and oxygen atoms in total. The fourth-order valence-electron chi connectivity index (χ4n) is 2.27. The summed E-state index contributed by atoms with van der Waals surface area (Å²) in [7, 11) is 1.27. The van der Waals surface area contributed by atoms with Gasteiger partial charge in [0.15, 0.2) is 5.58 Å². The van der Waals surface area contributed by atoms with Crippen LogP contribution in [0.2, 0.25) is 0 Å². The van der Waals surface area contributed by atoms with Crippen molar-refractivity contribution >= 4 is 28.8 Å². The average molecular weight is 339 g/mol. The van der Waals surface area contributed by atoms with Crippen LogP contribution in [0, 0.1) is 0 Å². The van der Waals surface area contributed by atoms with E-state index in [1.807, 2.05) is 36.4 Å². The summed E-state index contributed by atoms with van der Waals surface area (Å²) >= 11 is 0.